The highest BCUT2D eigenvalue weighted by atomic mass is 32.1. The van der Waals surface area contributed by atoms with Crippen LogP contribution in [0.2, 0.25) is 0 Å². The molecule has 0 aliphatic carbocycles. The fraction of sp³-hybridized carbons (Fsp3) is 0.417. The van der Waals surface area contributed by atoms with Crippen LogP contribution in [0, 0.1) is 0 Å². The Kier molecular flexibility index (Phi) is 4.13. The lowest BCUT2D eigenvalue weighted by Gasteiger charge is -2.03. The zero-order valence-corrected chi connectivity index (χ0v) is 10.3. The average Bonchev–Trinajstić information content (AvgIpc) is 2.95. The molecule has 0 aliphatic heterocycles. The molecule has 2 aromatic rings. The fourth-order valence-electron chi connectivity index (χ4n) is 1.55. The summed E-state index contributed by atoms with van der Waals surface area (Å²) in [5.41, 5.74) is 0. The Hall–Kier alpha value is -1.13. The van der Waals surface area contributed by atoms with Crippen molar-refractivity contribution in [3.05, 3.63) is 40.3 Å². The topological polar surface area (TPSA) is 29.9 Å². The normalized spacial score (nSPS) is 10.8. The van der Waals surface area contributed by atoms with Crippen molar-refractivity contribution in [2.24, 2.45) is 0 Å². The van der Waals surface area contributed by atoms with E-state index in [0.29, 0.717) is 0 Å². The number of aromatic nitrogens is 2. The smallest absolute Gasteiger partial charge is 0.0534 e. The predicted molar refractivity (Wildman–Crippen MR) is 67.6 cm³/mol. The summed E-state index contributed by atoms with van der Waals surface area (Å²) in [6.07, 6.45) is 4.94. The summed E-state index contributed by atoms with van der Waals surface area (Å²) >= 11 is 1.90. The molecule has 4 heteroatoms. The number of hydrogen-bond donors (Lipinski definition) is 1. The third kappa shape index (κ3) is 3.18. The number of thiophene rings is 1. The first kappa shape index (κ1) is 11.4. The Morgan fingerprint density at radius 3 is 2.94 bits per heavy atom. The highest BCUT2D eigenvalue weighted by Gasteiger charge is 1.97. The minimum Gasteiger partial charge on any atom is -0.310 e. The van der Waals surface area contributed by atoms with Crippen molar-refractivity contribution in [3.8, 4) is 0 Å². The third-order valence-corrected chi connectivity index (χ3v) is 3.67. The lowest BCUT2D eigenvalue weighted by molar-refractivity contribution is 0.557. The zero-order chi connectivity index (χ0) is 11.2. The van der Waals surface area contributed by atoms with Gasteiger partial charge in [-0.3, -0.25) is 4.68 Å². The van der Waals surface area contributed by atoms with E-state index in [9.17, 15) is 0 Å². The van der Waals surface area contributed by atoms with Gasteiger partial charge in [0, 0.05) is 35.2 Å². The predicted octanol–water partition coefficient (Wildman–Crippen LogP) is 2.30. The van der Waals surface area contributed by atoms with Crippen LogP contribution in [-0.2, 0) is 19.5 Å². The summed E-state index contributed by atoms with van der Waals surface area (Å²) in [4.78, 5) is 2.88. The van der Waals surface area contributed by atoms with Crippen LogP contribution < -0.4 is 5.32 Å². The Bertz CT molecular complexity index is 406. The molecule has 3 nitrogen and oxygen atoms in total. The molecule has 2 heterocycles. The number of nitrogens with zero attached hydrogens (tertiary/aromatic N) is 2. The van der Waals surface area contributed by atoms with Crippen LogP contribution in [0.5, 0.6) is 0 Å². The molecule has 0 radical (unpaired) electrons. The highest BCUT2D eigenvalue weighted by Crippen LogP contribution is 2.16. The number of hydrogen-bond acceptors (Lipinski definition) is 3. The molecule has 0 aromatic carbocycles. The molecule has 0 aliphatic rings. The van der Waals surface area contributed by atoms with Gasteiger partial charge in [0.05, 0.1) is 6.54 Å². The molecule has 0 spiro atoms. The Labute approximate surface area is 100 Å². The molecule has 0 saturated carbocycles. The molecule has 0 bridgehead atoms. The van der Waals surface area contributed by atoms with Crippen molar-refractivity contribution in [3.63, 3.8) is 0 Å². The van der Waals surface area contributed by atoms with Gasteiger partial charge in [0.15, 0.2) is 0 Å². The van der Waals surface area contributed by atoms with Gasteiger partial charge in [-0.25, -0.2) is 0 Å². The minimum atomic E-state index is 0.930. The Balaban J connectivity index is 1.68. The number of nitrogens with one attached hydrogen (secondary N) is 1. The first-order valence-electron chi connectivity index (χ1n) is 5.64. The number of rotatable bonds is 6. The van der Waals surface area contributed by atoms with Crippen LogP contribution in [0.4, 0.5) is 0 Å². The van der Waals surface area contributed by atoms with Crippen LogP contribution in [-0.4, -0.2) is 16.3 Å². The van der Waals surface area contributed by atoms with Gasteiger partial charge in [-0.05, 0) is 24.6 Å². The van der Waals surface area contributed by atoms with Gasteiger partial charge < -0.3 is 5.32 Å². The monoisotopic (exact) mass is 235 g/mol. The van der Waals surface area contributed by atoms with E-state index in [1.165, 1.54) is 9.75 Å². The van der Waals surface area contributed by atoms with Crippen LogP contribution in [0.3, 0.4) is 0 Å². The maximum atomic E-state index is 4.16. The zero-order valence-electron chi connectivity index (χ0n) is 9.52. The van der Waals surface area contributed by atoms with Crippen molar-refractivity contribution in [1.29, 1.82) is 0 Å². The van der Waals surface area contributed by atoms with E-state index < -0.39 is 0 Å². The Morgan fingerprint density at radius 2 is 2.25 bits per heavy atom. The second kappa shape index (κ2) is 5.82. The van der Waals surface area contributed by atoms with Crippen LogP contribution in [0.1, 0.15) is 16.7 Å². The van der Waals surface area contributed by atoms with Crippen LogP contribution >= 0.6 is 11.3 Å². The Morgan fingerprint density at radius 1 is 1.38 bits per heavy atom. The van der Waals surface area contributed by atoms with E-state index in [0.717, 1.165) is 26.1 Å². The van der Waals surface area contributed by atoms with Crippen molar-refractivity contribution >= 4 is 11.3 Å². The highest BCUT2D eigenvalue weighted by molar-refractivity contribution is 7.11. The standard InChI is InChI=1S/C12H17N3S/c1-2-11-4-5-12(16-11)10-13-7-9-15-8-3-6-14-15/h3-6,8,13H,2,7,9-10H2,1H3. The second-order valence-corrected chi connectivity index (χ2v) is 4.92. The SMILES string of the molecule is CCc1ccc(CNCCn2cccn2)s1. The van der Waals surface area contributed by atoms with E-state index in [4.69, 9.17) is 0 Å². The summed E-state index contributed by atoms with van der Waals surface area (Å²) in [6, 6.07) is 6.38. The first-order valence-corrected chi connectivity index (χ1v) is 6.46. The molecule has 0 fully saturated rings. The lowest BCUT2D eigenvalue weighted by atomic mass is 10.3. The van der Waals surface area contributed by atoms with Crippen molar-refractivity contribution in [1.82, 2.24) is 15.1 Å². The second-order valence-electron chi connectivity index (χ2n) is 3.67. The summed E-state index contributed by atoms with van der Waals surface area (Å²) in [5.74, 6) is 0. The molecular weight excluding hydrogens is 218 g/mol. The van der Waals surface area contributed by atoms with Crippen molar-refractivity contribution in [2.45, 2.75) is 26.4 Å². The number of aryl methyl sites for hydroxylation is 1. The van der Waals surface area contributed by atoms with Gasteiger partial charge in [0.25, 0.3) is 0 Å². The minimum absolute atomic E-state index is 0.930. The van der Waals surface area contributed by atoms with Crippen LogP contribution in [0.15, 0.2) is 30.6 Å². The quantitative estimate of drug-likeness (QED) is 0.779. The van der Waals surface area contributed by atoms with Gasteiger partial charge in [-0.15, -0.1) is 11.3 Å². The molecule has 0 atom stereocenters. The van der Waals surface area contributed by atoms with E-state index >= 15 is 0 Å². The van der Waals surface area contributed by atoms with E-state index in [2.05, 4.69) is 29.5 Å². The van der Waals surface area contributed by atoms with Gasteiger partial charge in [0.2, 0.25) is 0 Å². The summed E-state index contributed by atoms with van der Waals surface area (Å²) in [6.45, 7) is 5.05. The maximum absolute atomic E-state index is 4.16. The molecule has 0 saturated heterocycles. The largest absolute Gasteiger partial charge is 0.310 e. The van der Waals surface area contributed by atoms with Gasteiger partial charge >= 0.3 is 0 Å². The van der Waals surface area contributed by atoms with Crippen molar-refractivity contribution < 1.29 is 0 Å². The summed E-state index contributed by atoms with van der Waals surface area (Å²) < 4.78 is 1.94. The van der Waals surface area contributed by atoms with E-state index in [1.807, 2.05) is 34.5 Å². The molecule has 0 amide bonds. The van der Waals surface area contributed by atoms with Gasteiger partial charge in [0.1, 0.15) is 0 Å². The van der Waals surface area contributed by atoms with Gasteiger partial charge in [-0.1, -0.05) is 6.92 Å². The summed E-state index contributed by atoms with van der Waals surface area (Å²) in [7, 11) is 0. The third-order valence-electron chi connectivity index (χ3n) is 2.44. The maximum Gasteiger partial charge on any atom is 0.0534 e. The van der Waals surface area contributed by atoms with E-state index in [-0.39, 0.29) is 0 Å². The molecule has 2 aromatic heterocycles. The molecular formula is C12H17N3S. The average molecular weight is 235 g/mol. The molecule has 2 rings (SSSR count). The molecule has 0 unspecified atom stereocenters. The van der Waals surface area contributed by atoms with E-state index in [1.54, 1.807) is 0 Å². The molecule has 86 valence electrons. The first-order chi connectivity index (χ1) is 7.88. The van der Waals surface area contributed by atoms with Crippen molar-refractivity contribution in [2.75, 3.05) is 6.54 Å². The molecule has 16 heavy (non-hydrogen) atoms. The van der Waals surface area contributed by atoms with Gasteiger partial charge in [-0.2, -0.15) is 5.10 Å². The summed E-state index contributed by atoms with van der Waals surface area (Å²) in [5, 5.41) is 7.58. The van der Waals surface area contributed by atoms with Crippen LogP contribution in [0.25, 0.3) is 0 Å². The fourth-order valence-corrected chi connectivity index (χ4v) is 2.47. The lowest BCUT2D eigenvalue weighted by Crippen LogP contribution is -2.19. The molecule has 1 N–H and O–H groups in total.